The number of H-pyrrole nitrogens is 1. The molecule has 0 radical (unpaired) electrons. The summed E-state index contributed by atoms with van der Waals surface area (Å²) in [7, 11) is 0. The van der Waals surface area contributed by atoms with Gasteiger partial charge in [0.25, 0.3) is 0 Å². The van der Waals surface area contributed by atoms with Gasteiger partial charge in [-0.15, -0.1) is 0 Å². The largest absolute Gasteiger partial charge is 0.344 e. The van der Waals surface area contributed by atoms with Crippen LogP contribution in [0.5, 0.6) is 0 Å². The van der Waals surface area contributed by atoms with E-state index in [-0.39, 0.29) is 0 Å². The second-order valence-electron chi connectivity index (χ2n) is 4.31. The lowest BCUT2D eigenvalue weighted by Crippen LogP contribution is -1.97. The zero-order valence-electron chi connectivity index (χ0n) is 10.5. The first-order valence-corrected chi connectivity index (χ1v) is 6.09. The van der Waals surface area contributed by atoms with Crippen molar-refractivity contribution < 1.29 is 0 Å². The van der Waals surface area contributed by atoms with E-state index in [9.17, 15) is 0 Å². The van der Waals surface area contributed by atoms with E-state index in [0.29, 0.717) is 6.54 Å². The van der Waals surface area contributed by atoms with Gasteiger partial charge in [-0.3, -0.25) is 0 Å². The van der Waals surface area contributed by atoms with Gasteiger partial charge >= 0.3 is 0 Å². The molecule has 0 atom stereocenters. The van der Waals surface area contributed by atoms with Crippen LogP contribution in [-0.2, 0) is 13.0 Å². The van der Waals surface area contributed by atoms with Gasteiger partial charge in [0.2, 0.25) is 0 Å². The Labute approximate surface area is 102 Å². The topological polar surface area (TPSA) is 54.7 Å². The molecule has 3 nitrogen and oxygen atoms in total. The Morgan fingerprint density at radius 1 is 1.24 bits per heavy atom. The molecule has 0 aliphatic rings. The van der Waals surface area contributed by atoms with Gasteiger partial charge in [0.1, 0.15) is 5.82 Å². The van der Waals surface area contributed by atoms with Crippen LogP contribution in [0.25, 0.3) is 11.3 Å². The summed E-state index contributed by atoms with van der Waals surface area (Å²) in [6.07, 6.45) is 2.31. The van der Waals surface area contributed by atoms with Crippen molar-refractivity contribution in [2.75, 3.05) is 0 Å². The second kappa shape index (κ2) is 5.15. The van der Waals surface area contributed by atoms with Crippen molar-refractivity contribution in [1.29, 1.82) is 0 Å². The number of rotatable bonds is 4. The molecule has 17 heavy (non-hydrogen) atoms. The Hall–Kier alpha value is -1.61. The Kier molecular flexibility index (Phi) is 3.59. The maximum absolute atomic E-state index is 5.58. The molecule has 3 N–H and O–H groups in total. The third-order valence-corrected chi connectivity index (χ3v) is 2.89. The fourth-order valence-corrected chi connectivity index (χ4v) is 2.02. The molecule has 0 fully saturated rings. The normalized spacial score (nSPS) is 10.8. The van der Waals surface area contributed by atoms with Crippen LogP contribution in [0.2, 0.25) is 0 Å². The van der Waals surface area contributed by atoms with Crippen LogP contribution in [0.4, 0.5) is 0 Å². The molecule has 0 saturated heterocycles. The lowest BCUT2D eigenvalue weighted by Gasteiger charge is -2.01. The fraction of sp³-hybridized carbons (Fsp3) is 0.357. The number of hydrogen-bond donors (Lipinski definition) is 2. The highest BCUT2D eigenvalue weighted by atomic mass is 15.0. The molecule has 1 heterocycles. The van der Waals surface area contributed by atoms with Crippen LogP contribution < -0.4 is 5.73 Å². The maximum atomic E-state index is 5.58. The predicted molar refractivity (Wildman–Crippen MR) is 70.6 cm³/mol. The zero-order chi connectivity index (χ0) is 12.3. The molecule has 0 aliphatic carbocycles. The van der Waals surface area contributed by atoms with Gasteiger partial charge in [0.15, 0.2) is 0 Å². The molecule has 0 amide bonds. The SMILES string of the molecule is CCCc1ccc(-c2nc(CN)[nH]c2C)cc1. The highest BCUT2D eigenvalue weighted by Crippen LogP contribution is 2.21. The summed E-state index contributed by atoms with van der Waals surface area (Å²) in [5.74, 6) is 0.843. The average Bonchev–Trinajstić information content (AvgIpc) is 2.72. The van der Waals surface area contributed by atoms with Crippen molar-refractivity contribution in [2.45, 2.75) is 33.2 Å². The van der Waals surface area contributed by atoms with Crippen LogP contribution in [-0.4, -0.2) is 9.97 Å². The summed E-state index contributed by atoms with van der Waals surface area (Å²) in [4.78, 5) is 7.69. The Bertz CT molecular complexity index is 483. The van der Waals surface area contributed by atoms with Crippen LogP contribution in [0.3, 0.4) is 0 Å². The number of benzene rings is 1. The molecule has 2 rings (SSSR count). The van der Waals surface area contributed by atoms with E-state index in [1.807, 2.05) is 6.92 Å². The minimum atomic E-state index is 0.453. The molecule has 90 valence electrons. The van der Waals surface area contributed by atoms with Gasteiger partial charge < -0.3 is 10.7 Å². The molecular formula is C14H19N3. The quantitative estimate of drug-likeness (QED) is 0.847. The van der Waals surface area contributed by atoms with E-state index in [1.54, 1.807) is 0 Å². The van der Waals surface area contributed by atoms with Gasteiger partial charge in [0.05, 0.1) is 12.2 Å². The van der Waals surface area contributed by atoms with Crippen LogP contribution in [0.1, 0.15) is 30.4 Å². The van der Waals surface area contributed by atoms with E-state index >= 15 is 0 Å². The van der Waals surface area contributed by atoms with E-state index in [1.165, 1.54) is 12.0 Å². The summed E-state index contributed by atoms with van der Waals surface area (Å²) >= 11 is 0. The van der Waals surface area contributed by atoms with Crippen molar-refractivity contribution in [2.24, 2.45) is 5.73 Å². The number of nitrogens with one attached hydrogen (secondary N) is 1. The first kappa shape index (κ1) is 11.9. The van der Waals surface area contributed by atoms with Crippen molar-refractivity contribution in [3.8, 4) is 11.3 Å². The summed E-state index contributed by atoms with van der Waals surface area (Å²) in [5.41, 5.74) is 10.2. The van der Waals surface area contributed by atoms with E-state index < -0.39 is 0 Å². The molecule has 3 heteroatoms. The summed E-state index contributed by atoms with van der Waals surface area (Å²) in [6, 6.07) is 8.62. The minimum absolute atomic E-state index is 0.453. The van der Waals surface area contributed by atoms with Crippen molar-refractivity contribution >= 4 is 0 Å². The van der Waals surface area contributed by atoms with Gasteiger partial charge in [-0.2, -0.15) is 0 Å². The number of aryl methyl sites for hydroxylation is 2. The predicted octanol–water partition coefficient (Wildman–Crippen LogP) is 2.80. The first-order chi connectivity index (χ1) is 8.24. The number of imidazole rings is 1. The molecule has 0 spiro atoms. The van der Waals surface area contributed by atoms with Crippen molar-refractivity contribution in [1.82, 2.24) is 9.97 Å². The maximum Gasteiger partial charge on any atom is 0.120 e. The van der Waals surface area contributed by atoms with Gasteiger partial charge in [0, 0.05) is 11.3 Å². The Morgan fingerprint density at radius 3 is 2.47 bits per heavy atom. The highest BCUT2D eigenvalue weighted by molar-refractivity contribution is 5.62. The molecular weight excluding hydrogens is 210 g/mol. The summed E-state index contributed by atoms with van der Waals surface area (Å²) < 4.78 is 0. The average molecular weight is 229 g/mol. The third kappa shape index (κ3) is 2.56. The summed E-state index contributed by atoms with van der Waals surface area (Å²) in [6.45, 7) is 4.68. The molecule has 0 aliphatic heterocycles. The second-order valence-corrected chi connectivity index (χ2v) is 4.31. The van der Waals surface area contributed by atoms with Gasteiger partial charge in [-0.1, -0.05) is 37.6 Å². The number of hydrogen-bond acceptors (Lipinski definition) is 2. The lowest BCUT2D eigenvalue weighted by molar-refractivity contribution is 0.922. The molecule has 0 unspecified atom stereocenters. The van der Waals surface area contributed by atoms with Crippen LogP contribution in [0.15, 0.2) is 24.3 Å². The number of nitrogens with zero attached hydrogens (tertiary/aromatic N) is 1. The highest BCUT2D eigenvalue weighted by Gasteiger charge is 2.07. The van der Waals surface area contributed by atoms with Crippen molar-refractivity contribution in [3.63, 3.8) is 0 Å². The molecule has 0 bridgehead atoms. The van der Waals surface area contributed by atoms with E-state index in [2.05, 4.69) is 41.2 Å². The zero-order valence-corrected chi connectivity index (χ0v) is 10.5. The number of aromatic amines is 1. The molecule has 2 aromatic rings. The molecule has 1 aromatic heterocycles. The van der Waals surface area contributed by atoms with Gasteiger partial charge in [-0.05, 0) is 18.9 Å². The minimum Gasteiger partial charge on any atom is -0.344 e. The smallest absolute Gasteiger partial charge is 0.120 e. The fourth-order valence-electron chi connectivity index (χ4n) is 2.02. The summed E-state index contributed by atoms with van der Waals surface area (Å²) in [5, 5.41) is 0. The first-order valence-electron chi connectivity index (χ1n) is 6.09. The lowest BCUT2D eigenvalue weighted by atomic mass is 10.1. The molecule has 0 saturated carbocycles. The third-order valence-electron chi connectivity index (χ3n) is 2.89. The van der Waals surface area contributed by atoms with Crippen molar-refractivity contribution in [3.05, 3.63) is 41.3 Å². The number of nitrogens with two attached hydrogens (primary N) is 1. The van der Waals surface area contributed by atoms with Crippen LogP contribution in [0, 0.1) is 6.92 Å². The number of aromatic nitrogens is 2. The van der Waals surface area contributed by atoms with Crippen LogP contribution >= 0.6 is 0 Å². The monoisotopic (exact) mass is 229 g/mol. The van der Waals surface area contributed by atoms with E-state index in [0.717, 1.165) is 29.2 Å². The standard InChI is InChI=1S/C14H19N3/c1-3-4-11-5-7-12(8-6-11)14-10(2)16-13(9-15)17-14/h5-8H,3-4,9,15H2,1-2H3,(H,16,17). The Balaban J connectivity index is 2.29. The molecule has 1 aromatic carbocycles. The Morgan fingerprint density at radius 2 is 1.94 bits per heavy atom. The van der Waals surface area contributed by atoms with E-state index in [4.69, 9.17) is 5.73 Å². The van der Waals surface area contributed by atoms with Gasteiger partial charge in [-0.25, -0.2) is 4.98 Å².